The third-order valence-electron chi connectivity index (χ3n) is 3.34. The Morgan fingerprint density at radius 2 is 1.95 bits per heavy atom. The van der Waals surface area contributed by atoms with Gasteiger partial charge in [-0.05, 0) is 18.2 Å². The predicted molar refractivity (Wildman–Crippen MR) is 79.0 cm³/mol. The van der Waals surface area contributed by atoms with E-state index < -0.39 is 0 Å². The van der Waals surface area contributed by atoms with Crippen LogP contribution >= 0.6 is 11.6 Å². The van der Waals surface area contributed by atoms with E-state index in [-0.39, 0.29) is 11.6 Å². The lowest BCUT2D eigenvalue weighted by Crippen LogP contribution is -2.02. The molecule has 4 heteroatoms. The van der Waals surface area contributed by atoms with Crippen molar-refractivity contribution in [3.8, 4) is 5.75 Å². The number of rotatable bonds is 3. The van der Waals surface area contributed by atoms with E-state index in [1.54, 1.807) is 18.2 Å². The lowest BCUT2D eigenvalue weighted by atomic mass is 10.2. The van der Waals surface area contributed by atoms with E-state index in [2.05, 4.69) is 0 Å². The number of para-hydroxylation sites is 1. The van der Waals surface area contributed by atoms with Crippen molar-refractivity contribution in [2.75, 3.05) is 7.11 Å². The summed E-state index contributed by atoms with van der Waals surface area (Å²) in [4.78, 5) is 0. The van der Waals surface area contributed by atoms with E-state index in [0.717, 1.165) is 10.9 Å². The lowest BCUT2D eigenvalue weighted by Gasteiger charge is -2.10. The zero-order valence-corrected chi connectivity index (χ0v) is 11.7. The van der Waals surface area contributed by atoms with E-state index in [1.165, 1.54) is 7.11 Å². The van der Waals surface area contributed by atoms with Gasteiger partial charge in [-0.2, -0.15) is 0 Å². The summed E-state index contributed by atoms with van der Waals surface area (Å²) in [5, 5.41) is 1.71. The summed E-state index contributed by atoms with van der Waals surface area (Å²) < 4.78 is 21.1. The van der Waals surface area contributed by atoms with Gasteiger partial charge in [0.1, 0.15) is 0 Å². The first kappa shape index (κ1) is 13.0. The molecule has 0 saturated carbocycles. The van der Waals surface area contributed by atoms with E-state index in [0.29, 0.717) is 17.1 Å². The Morgan fingerprint density at radius 1 is 1.15 bits per heavy atom. The fourth-order valence-electron chi connectivity index (χ4n) is 2.37. The van der Waals surface area contributed by atoms with E-state index in [4.69, 9.17) is 16.3 Å². The Kier molecular flexibility index (Phi) is 3.36. The summed E-state index contributed by atoms with van der Waals surface area (Å²) in [6.07, 6.45) is 1.91. The molecule has 0 fully saturated rings. The molecule has 20 heavy (non-hydrogen) atoms. The molecular formula is C16H13ClFNO. The highest BCUT2D eigenvalue weighted by atomic mass is 35.5. The molecule has 0 aliphatic rings. The van der Waals surface area contributed by atoms with Crippen molar-refractivity contribution in [2.45, 2.75) is 6.54 Å². The average molecular weight is 290 g/mol. The minimum Gasteiger partial charge on any atom is -0.494 e. The maximum absolute atomic E-state index is 14.2. The van der Waals surface area contributed by atoms with Gasteiger partial charge in [0.2, 0.25) is 0 Å². The Bertz CT molecular complexity index is 766. The van der Waals surface area contributed by atoms with Crippen molar-refractivity contribution in [2.24, 2.45) is 0 Å². The van der Waals surface area contributed by atoms with E-state index in [9.17, 15) is 4.39 Å². The largest absolute Gasteiger partial charge is 0.494 e. The van der Waals surface area contributed by atoms with Crippen molar-refractivity contribution in [3.05, 3.63) is 65.1 Å². The van der Waals surface area contributed by atoms with Crippen LogP contribution in [-0.4, -0.2) is 11.7 Å². The number of ether oxygens (including phenoxy) is 1. The third-order valence-corrected chi connectivity index (χ3v) is 3.65. The normalized spacial score (nSPS) is 10.9. The maximum atomic E-state index is 14.2. The Balaban J connectivity index is 2.06. The van der Waals surface area contributed by atoms with Gasteiger partial charge in [0.05, 0.1) is 24.2 Å². The maximum Gasteiger partial charge on any atom is 0.170 e. The molecule has 0 amide bonds. The summed E-state index contributed by atoms with van der Waals surface area (Å²) in [6, 6.07) is 12.8. The number of aromatic nitrogens is 1. The molecule has 102 valence electrons. The van der Waals surface area contributed by atoms with Crippen LogP contribution in [0.1, 0.15) is 5.56 Å². The fourth-order valence-corrected chi connectivity index (χ4v) is 2.66. The van der Waals surface area contributed by atoms with Crippen molar-refractivity contribution >= 4 is 22.5 Å². The monoisotopic (exact) mass is 289 g/mol. The average Bonchev–Trinajstić information content (AvgIpc) is 2.86. The molecule has 3 aromatic rings. The number of hydrogen-bond donors (Lipinski definition) is 0. The Hall–Kier alpha value is -2.00. The molecule has 0 bridgehead atoms. The molecule has 1 aromatic heterocycles. The van der Waals surface area contributed by atoms with Crippen LogP contribution < -0.4 is 4.74 Å². The summed E-state index contributed by atoms with van der Waals surface area (Å²) in [5.74, 6) is -0.0750. The van der Waals surface area contributed by atoms with Crippen molar-refractivity contribution in [1.29, 1.82) is 0 Å². The number of benzene rings is 2. The lowest BCUT2D eigenvalue weighted by molar-refractivity contribution is 0.383. The Labute approximate surface area is 121 Å². The number of halogens is 2. The van der Waals surface area contributed by atoms with Crippen molar-refractivity contribution < 1.29 is 9.13 Å². The van der Waals surface area contributed by atoms with Crippen LogP contribution in [0.2, 0.25) is 5.02 Å². The van der Waals surface area contributed by atoms with E-state index in [1.807, 2.05) is 35.0 Å². The third kappa shape index (κ3) is 2.14. The van der Waals surface area contributed by atoms with Crippen LogP contribution in [0, 0.1) is 5.82 Å². The quantitative estimate of drug-likeness (QED) is 0.693. The smallest absolute Gasteiger partial charge is 0.170 e. The number of fused-ring (bicyclic) bond motifs is 1. The van der Waals surface area contributed by atoms with Gasteiger partial charge in [0.25, 0.3) is 0 Å². The van der Waals surface area contributed by atoms with Gasteiger partial charge in [-0.15, -0.1) is 0 Å². The first-order valence-electron chi connectivity index (χ1n) is 6.25. The van der Waals surface area contributed by atoms with Crippen LogP contribution in [0.15, 0.2) is 48.7 Å². The first-order chi connectivity index (χ1) is 9.70. The second-order valence-electron chi connectivity index (χ2n) is 4.55. The zero-order valence-electron chi connectivity index (χ0n) is 10.9. The number of hydrogen-bond acceptors (Lipinski definition) is 1. The molecule has 0 aliphatic heterocycles. The predicted octanol–water partition coefficient (Wildman–Crippen LogP) is 4.49. The molecular weight excluding hydrogens is 277 g/mol. The second-order valence-corrected chi connectivity index (χ2v) is 4.96. The van der Waals surface area contributed by atoms with Gasteiger partial charge in [0.15, 0.2) is 11.6 Å². The molecule has 0 aliphatic carbocycles. The van der Waals surface area contributed by atoms with Crippen LogP contribution in [0.5, 0.6) is 5.75 Å². The summed E-state index contributed by atoms with van der Waals surface area (Å²) in [6.45, 7) is 0.413. The molecule has 0 unspecified atom stereocenters. The highest BCUT2D eigenvalue weighted by Crippen LogP contribution is 2.27. The molecule has 3 rings (SSSR count). The molecule has 0 atom stereocenters. The van der Waals surface area contributed by atoms with Gasteiger partial charge in [-0.3, -0.25) is 0 Å². The molecule has 2 nitrogen and oxygen atoms in total. The van der Waals surface area contributed by atoms with Crippen LogP contribution in [0.4, 0.5) is 4.39 Å². The van der Waals surface area contributed by atoms with E-state index >= 15 is 0 Å². The number of methoxy groups -OCH3 is 1. The molecule has 1 heterocycles. The summed E-state index contributed by atoms with van der Waals surface area (Å²) in [5.41, 5.74) is 1.48. The number of nitrogens with zero attached hydrogens (tertiary/aromatic N) is 1. The van der Waals surface area contributed by atoms with Gasteiger partial charge >= 0.3 is 0 Å². The van der Waals surface area contributed by atoms with Gasteiger partial charge < -0.3 is 9.30 Å². The van der Waals surface area contributed by atoms with Gasteiger partial charge in [-0.25, -0.2) is 4.39 Å². The van der Waals surface area contributed by atoms with Gasteiger partial charge in [0, 0.05) is 17.1 Å². The molecule has 0 spiro atoms. The topological polar surface area (TPSA) is 14.2 Å². The van der Waals surface area contributed by atoms with Crippen LogP contribution in [0.3, 0.4) is 0 Å². The SMILES string of the molecule is COc1cccc(Cn2ccc3cccc(Cl)c32)c1F. The Morgan fingerprint density at radius 3 is 2.75 bits per heavy atom. The van der Waals surface area contributed by atoms with Crippen molar-refractivity contribution in [1.82, 2.24) is 4.57 Å². The standard InChI is InChI=1S/C16H13ClFNO/c1-20-14-7-3-5-12(15(14)18)10-19-9-8-11-4-2-6-13(17)16(11)19/h2-9H,10H2,1H3. The minimum absolute atomic E-state index is 0.255. The summed E-state index contributed by atoms with van der Waals surface area (Å²) >= 11 is 6.23. The van der Waals surface area contributed by atoms with Crippen LogP contribution in [-0.2, 0) is 6.54 Å². The minimum atomic E-state index is -0.330. The van der Waals surface area contributed by atoms with Gasteiger partial charge in [-0.1, -0.05) is 35.9 Å². The fraction of sp³-hybridized carbons (Fsp3) is 0.125. The summed E-state index contributed by atoms with van der Waals surface area (Å²) in [7, 11) is 1.46. The highest BCUT2D eigenvalue weighted by molar-refractivity contribution is 6.35. The zero-order chi connectivity index (χ0) is 14.1. The molecule has 0 radical (unpaired) electrons. The molecule has 2 aromatic carbocycles. The molecule has 0 N–H and O–H groups in total. The first-order valence-corrected chi connectivity index (χ1v) is 6.63. The highest BCUT2D eigenvalue weighted by Gasteiger charge is 2.11. The van der Waals surface area contributed by atoms with Crippen LogP contribution in [0.25, 0.3) is 10.9 Å². The molecule has 0 saturated heterocycles. The van der Waals surface area contributed by atoms with Crippen molar-refractivity contribution in [3.63, 3.8) is 0 Å². The second kappa shape index (κ2) is 5.17.